The Kier molecular flexibility index (Phi) is 6.49. The summed E-state index contributed by atoms with van der Waals surface area (Å²) in [5, 5.41) is 3.44. The molecule has 1 aromatic carbocycles. The van der Waals surface area contributed by atoms with E-state index in [1.807, 2.05) is 51.3 Å². The molecule has 10 heteroatoms. The number of piperidine rings is 1. The number of pyridine rings is 1. The second-order valence-corrected chi connectivity index (χ2v) is 12.3. The molecule has 0 atom stereocenters. The third kappa shape index (κ3) is 5.48. The van der Waals surface area contributed by atoms with E-state index in [0.717, 1.165) is 67.7 Å². The molecule has 2 aliphatic rings. The standard InChI is InChI=1S/C28H32N4O5S/c1-27(2,3)36-26(33)37-32-14-10-28(18-32)8-12-31(13-9-28)16-19-17-34-22-15-20(6-7-21(19)22)35-25-30-24-23(38-25)5-4-11-29-24/h4-7,11,15,17H,8-10,12-14,16,18H2,1-3H3. The number of nitrogens with zero attached hydrogens (tertiary/aromatic N) is 4. The maximum Gasteiger partial charge on any atom is 0.528 e. The van der Waals surface area contributed by atoms with Crippen LogP contribution in [0.25, 0.3) is 21.3 Å². The Hall–Kier alpha value is -3.21. The topological polar surface area (TPSA) is 90.2 Å². The van der Waals surface area contributed by atoms with Crippen LogP contribution < -0.4 is 4.74 Å². The number of carbonyl (C=O) groups is 1. The number of aromatic nitrogens is 2. The average Bonchev–Trinajstić information content (AvgIpc) is 3.56. The summed E-state index contributed by atoms with van der Waals surface area (Å²) >= 11 is 1.47. The van der Waals surface area contributed by atoms with E-state index in [0.29, 0.717) is 16.6 Å². The van der Waals surface area contributed by atoms with Crippen molar-refractivity contribution >= 4 is 38.8 Å². The summed E-state index contributed by atoms with van der Waals surface area (Å²) < 4.78 is 18.2. The predicted octanol–water partition coefficient (Wildman–Crippen LogP) is 6.38. The monoisotopic (exact) mass is 536 g/mol. The highest BCUT2D eigenvalue weighted by atomic mass is 32.1. The molecule has 1 spiro atoms. The van der Waals surface area contributed by atoms with Crippen LogP contribution >= 0.6 is 11.3 Å². The third-order valence-corrected chi connectivity index (χ3v) is 8.17. The molecule has 200 valence electrons. The first-order valence-corrected chi connectivity index (χ1v) is 13.8. The van der Waals surface area contributed by atoms with Crippen LogP contribution in [0, 0.1) is 5.41 Å². The van der Waals surface area contributed by atoms with Gasteiger partial charge in [-0.15, -0.1) is 5.06 Å². The number of rotatable bonds is 5. The SMILES string of the molecule is CC(C)(C)OC(=O)ON1CCC2(CCN(Cc3coc4cc(Oc5nc6ncccc6s5)ccc34)CC2)C1. The lowest BCUT2D eigenvalue weighted by atomic mass is 9.78. The Morgan fingerprint density at radius 2 is 1.97 bits per heavy atom. The smallest absolute Gasteiger partial charge is 0.464 e. The summed E-state index contributed by atoms with van der Waals surface area (Å²) in [4.78, 5) is 28.7. The number of ether oxygens (including phenoxy) is 2. The van der Waals surface area contributed by atoms with Gasteiger partial charge >= 0.3 is 6.16 Å². The lowest BCUT2D eigenvalue weighted by Gasteiger charge is -2.39. The summed E-state index contributed by atoms with van der Waals surface area (Å²) in [7, 11) is 0. The summed E-state index contributed by atoms with van der Waals surface area (Å²) in [6, 6.07) is 9.82. The molecule has 3 aromatic heterocycles. The molecule has 0 N–H and O–H groups in total. The molecule has 4 aromatic rings. The molecule has 2 aliphatic heterocycles. The van der Waals surface area contributed by atoms with Gasteiger partial charge in [-0.25, -0.2) is 9.78 Å². The third-order valence-electron chi connectivity index (χ3n) is 7.28. The Morgan fingerprint density at radius 1 is 1.16 bits per heavy atom. The molecule has 6 rings (SSSR count). The number of hydroxylamine groups is 2. The number of carbonyl (C=O) groups excluding carboxylic acids is 1. The van der Waals surface area contributed by atoms with Gasteiger partial charge in [0.15, 0.2) is 5.65 Å². The van der Waals surface area contributed by atoms with Crippen LogP contribution in [0.3, 0.4) is 0 Å². The van der Waals surface area contributed by atoms with Crippen LogP contribution in [0.15, 0.2) is 47.2 Å². The average molecular weight is 537 g/mol. The Balaban J connectivity index is 1.04. The normalized spacial score (nSPS) is 18.4. The number of hydrogen-bond donors (Lipinski definition) is 0. The molecule has 38 heavy (non-hydrogen) atoms. The van der Waals surface area contributed by atoms with Crippen molar-refractivity contribution in [3.63, 3.8) is 0 Å². The molecule has 2 fully saturated rings. The van der Waals surface area contributed by atoms with Crippen molar-refractivity contribution in [2.75, 3.05) is 26.2 Å². The first-order chi connectivity index (χ1) is 18.2. The van der Waals surface area contributed by atoms with Crippen LogP contribution in [-0.4, -0.2) is 57.9 Å². The summed E-state index contributed by atoms with van der Waals surface area (Å²) in [6.45, 7) is 9.88. The van der Waals surface area contributed by atoms with Gasteiger partial charge in [-0.3, -0.25) is 4.90 Å². The quantitative estimate of drug-likeness (QED) is 0.269. The largest absolute Gasteiger partial charge is 0.528 e. The molecule has 0 aliphatic carbocycles. The summed E-state index contributed by atoms with van der Waals surface area (Å²) in [5.74, 6) is 0.691. The zero-order valence-electron chi connectivity index (χ0n) is 21.9. The molecule has 9 nitrogen and oxygen atoms in total. The molecule has 0 amide bonds. The van der Waals surface area contributed by atoms with Gasteiger partial charge in [0.25, 0.3) is 5.19 Å². The molecule has 0 bridgehead atoms. The Morgan fingerprint density at radius 3 is 2.76 bits per heavy atom. The van der Waals surface area contributed by atoms with Gasteiger partial charge in [0.2, 0.25) is 0 Å². The summed E-state index contributed by atoms with van der Waals surface area (Å²) in [6.07, 6.45) is 6.15. The van der Waals surface area contributed by atoms with Crippen molar-refractivity contribution in [1.29, 1.82) is 0 Å². The fourth-order valence-electron chi connectivity index (χ4n) is 5.32. The van der Waals surface area contributed by atoms with Crippen LogP contribution in [-0.2, 0) is 16.1 Å². The highest BCUT2D eigenvalue weighted by Crippen LogP contribution is 2.41. The van der Waals surface area contributed by atoms with E-state index in [2.05, 4.69) is 20.9 Å². The number of thiazole rings is 1. The van der Waals surface area contributed by atoms with E-state index >= 15 is 0 Å². The molecule has 2 saturated heterocycles. The highest BCUT2D eigenvalue weighted by Gasteiger charge is 2.42. The minimum absolute atomic E-state index is 0.194. The first-order valence-electron chi connectivity index (χ1n) is 13.0. The van der Waals surface area contributed by atoms with Crippen molar-refractivity contribution in [3.8, 4) is 10.9 Å². The van der Waals surface area contributed by atoms with Crippen molar-refractivity contribution in [2.45, 2.75) is 52.2 Å². The van der Waals surface area contributed by atoms with Gasteiger partial charge in [0.1, 0.15) is 16.9 Å². The van der Waals surface area contributed by atoms with E-state index in [-0.39, 0.29) is 5.41 Å². The first kappa shape index (κ1) is 25.1. The minimum Gasteiger partial charge on any atom is -0.464 e. The van der Waals surface area contributed by atoms with E-state index < -0.39 is 11.8 Å². The Bertz CT molecular complexity index is 1420. The second-order valence-electron chi connectivity index (χ2n) is 11.3. The van der Waals surface area contributed by atoms with Crippen molar-refractivity contribution in [3.05, 3.63) is 48.4 Å². The minimum atomic E-state index is -0.621. The van der Waals surface area contributed by atoms with Gasteiger partial charge in [0.05, 0.1) is 11.0 Å². The fourth-order valence-corrected chi connectivity index (χ4v) is 6.12. The van der Waals surface area contributed by atoms with Gasteiger partial charge in [-0.2, -0.15) is 4.98 Å². The molecule has 5 heterocycles. The van der Waals surface area contributed by atoms with Crippen molar-refractivity contribution in [2.24, 2.45) is 5.41 Å². The zero-order valence-corrected chi connectivity index (χ0v) is 22.8. The van der Waals surface area contributed by atoms with Crippen LogP contribution in [0.5, 0.6) is 10.9 Å². The van der Waals surface area contributed by atoms with Gasteiger partial charge in [-0.05, 0) is 82.8 Å². The van der Waals surface area contributed by atoms with Gasteiger partial charge in [0, 0.05) is 42.8 Å². The van der Waals surface area contributed by atoms with Gasteiger partial charge < -0.3 is 18.7 Å². The molecule has 0 unspecified atom stereocenters. The predicted molar refractivity (Wildman–Crippen MR) is 144 cm³/mol. The lowest BCUT2D eigenvalue weighted by molar-refractivity contribution is -0.136. The fraction of sp³-hybridized carbons (Fsp3) is 0.464. The number of benzene rings is 1. The number of hydrogen-bond acceptors (Lipinski definition) is 10. The molecule has 0 saturated carbocycles. The van der Waals surface area contributed by atoms with Crippen LogP contribution in [0.1, 0.15) is 45.6 Å². The Labute approximate surface area is 225 Å². The summed E-state index contributed by atoms with van der Waals surface area (Å²) in [5.41, 5.74) is 2.31. The molecular formula is C28H32N4O5S. The number of likely N-dealkylation sites (tertiary alicyclic amines) is 1. The van der Waals surface area contributed by atoms with Crippen LogP contribution in [0.2, 0.25) is 0 Å². The molecular weight excluding hydrogens is 504 g/mol. The highest BCUT2D eigenvalue weighted by molar-refractivity contribution is 7.20. The van der Waals surface area contributed by atoms with E-state index in [1.165, 1.54) is 16.9 Å². The van der Waals surface area contributed by atoms with Crippen molar-refractivity contribution < 1.29 is 23.5 Å². The van der Waals surface area contributed by atoms with Crippen molar-refractivity contribution in [1.82, 2.24) is 19.9 Å². The zero-order chi connectivity index (χ0) is 26.3. The van der Waals surface area contributed by atoms with Crippen LogP contribution in [0.4, 0.5) is 4.79 Å². The lowest BCUT2D eigenvalue weighted by Crippen LogP contribution is -2.41. The van der Waals surface area contributed by atoms with E-state index in [1.54, 1.807) is 11.3 Å². The number of furan rings is 1. The van der Waals surface area contributed by atoms with E-state index in [4.69, 9.17) is 18.7 Å². The maximum absolute atomic E-state index is 12.1. The van der Waals surface area contributed by atoms with E-state index in [9.17, 15) is 4.79 Å². The second kappa shape index (κ2) is 9.83. The molecule has 0 radical (unpaired) electrons. The maximum atomic E-state index is 12.1. The van der Waals surface area contributed by atoms with Gasteiger partial charge in [-0.1, -0.05) is 11.3 Å². The number of fused-ring (bicyclic) bond motifs is 2.